The Morgan fingerprint density at radius 3 is 2.33 bits per heavy atom. The zero-order valence-electron chi connectivity index (χ0n) is 12.9. The Balaban J connectivity index is 2.40. The molecule has 110 valence electrons. The molecule has 0 aliphatic rings. The third-order valence-corrected chi connectivity index (χ3v) is 3.29. The van der Waals surface area contributed by atoms with Crippen LogP contribution in [0.5, 0.6) is 5.75 Å². The smallest absolute Gasteiger partial charge is 0.143 e. The molecule has 0 aromatic heterocycles. The largest absolute Gasteiger partial charge is 0.506 e. The number of phenols is 1. The van der Waals surface area contributed by atoms with E-state index in [1.54, 1.807) is 12.1 Å². The predicted octanol–water partition coefficient (Wildman–Crippen LogP) is 5.00. The zero-order valence-corrected chi connectivity index (χ0v) is 12.9. The van der Waals surface area contributed by atoms with Crippen molar-refractivity contribution in [2.45, 2.75) is 33.1 Å². The number of hydrogen-bond acceptors (Lipinski definition) is 4. The van der Waals surface area contributed by atoms with Gasteiger partial charge in [-0.15, -0.1) is 10.2 Å². The van der Waals surface area contributed by atoms with Crippen molar-refractivity contribution in [3.8, 4) is 5.75 Å². The van der Waals surface area contributed by atoms with Crippen LogP contribution in [0.15, 0.2) is 46.6 Å². The number of nitrogen functional groups attached to an aromatic ring is 1. The van der Waals surface area contributed by atoms with E-state index in [9.17, 15) is 5.11 Å². The van der Waals surface area contributed by atoms with Gasteiger partial charge in [-0.25, -0.2) is 0 Å². The molecule has 3 N–H and O–H groups in total. The van der Waals surface area contributed by atoms with Crippen LogP contribution < -0.4 is 5.73 Å². The number of phenolic OH excluding ortho intramolecular Hbond substituents is 1. The Labute approximate surface area is 125 Å². The topological polar surface area (TPSA) is 71.0 Å². The third-order valence-electron chi connectivity index (χ3n) is 3.29. The van der Waals surface area contributed by atoms with Crippen LogP contribution in [0.4, 0.5) is 17.1 Å². The van der Waals surface area contributed by atoms with E-state index >= 15 is 0 Å². The van der Waals surface area contributed by atoms with E-state index in [1.165, 1.54) is 0 Å². The Hall–Kier alpha value is -2.36. The molecule has 0 amide bonds. The first kappa shape index (κ1) is 15.0. The van der Waals surface area contributed by atoms with Crippen molar-refractivity contribution in [1.29, 1.82) is 0 Å². The van der Waals surface area contributed by atoms with Crippen LogP contribution in [0, 0.1) is 6.92 Å². The highest BCUT2D eigenvalue weighted by Gasteiger charge is 2.18. The molecule has 21 heavy (non-hydrogen) atoms. The number of azo groups is 1. The molecule has 0 spiro atoms. The van der Waals surface area contributed by atoms with Crippen LogP contribution in [0.25, 0.3) is 0 Å². The van der Waals surface area contributed by atoms with Crippen LogP contribution in [0.1, 0.15) is 31.9 Å². The summed E-state index contributed by atoms with van der Waals surface area (Å²) in [7, 11) is 0. The Morgan fingerprint density at radius 1 is 1.00 bits per heavy atom. The number of aromatic hydroxyl groups is 1. The van der Waals surface area contributed by atoms with Gasteiger partial charge in [0.15, 0.2) is 0 Å². The second-order valence-electron chi connectivity index (χ2n) is 6.18. The van der Waals surface area contributed by atoms with Crippen LogP contribution in [0.3, 0.4) is 0 Å². The minimum Gasteiger partial charge on any atom is -0.506 e. The van der Waals surface area contributed by atoms with E-state index in [1.807, 2.05) is 31.2 Å². The van der Waals surface area contributed by atoms with E-state index in [0.29, 0.717) is 17.1 Å². The van der Waals surface area contributed by atoms with Crippen LogP contribution in [0.2, 0.25) is 0 Å². The van der Waals surface area contributed by atoms with Crippen LogP contribution in [-0.4, -0.2) is 5.11 Å². The van der Waals surface area contributed by atoms with E-state index in [2.05, 4.69) is 31.0 Å². The standard InChI is InChI=1S/C17H21N3O/c1-11-8-9-15(21)14(10-11)20-19-13-7-5-6-12(16(13)18)17(2,3)4/h5-10,21H,18H2,1-4H3. The molecule has 0 saturated carbocycles. The summed E-state index contributed by atoms with van der Waals surface area (Å²) < 4.78 is 0. The van der Waals surface area contributed by atoms with Crippen molar-refractivity contribution >= 4 is 17.1 Å². The second-order valence-corrected chi connectivity index (χ2v) is 6.18. The number of rotatable bonds is 2. The molecule has 0 aliphatic heterocycles. The lowest BCUT2D eigenvalue weighted by molar-refractivity contribution is 0.476. The predicted molar refractivity (Wildman–Crippen MR) is 86.6 cm³/mol. The van der Waals surface area contributed by atoms with Crippen molar-refractivity contribution < 1.29 is 5.11 Å². The lowest BCUT2D eigenvalue weighted by atomic mass is 9.85. The van der Waals surface area contributed by atoms with Crippen molar-refractivity contribution in [1.82, 2.24) is 0 Å². The molecule has 4 heteroatoms. The fraction of sp³-hybridized carbons (Fsp3) is 0.294. The summed E-state index contributed by atoms with van der Waals surface area (Å²) in [6, 6.07) is 10.9. The molecule has 0 aliphatic carbocycles. The molecule has 2 aromatic rings. The number of nitrogens with two attached hydrogens (primary N) is 1. The van der Waals surface area contributed by atoms with E-state index in [0.717, 1.165) is 11.1 Å². The zero-order chi connectivity index (χ0) is 15.6. The van der Waals surface area contributed by atoms with Gasteiger partial charge in [-0.1, -0.05) is 39.0 Å². The molecule has 4 nitrogen and oxygen atoms in total. The van der Waals surface area contributed by atoms with Gasteiger partial charge in [-0.3, -0.25) is 0 Å². The summed E-state index contributed by atoms with van der Waals surface area (Å²) in [6.07, 6.45) is 0. The first-order valence-electron chi connectivity index (χ1n) is 6.89. The minimum atomic E-state index is -0.0545. The normalized spacial score (nSPS) is 12.0. The maximum atomic E-state index is 9.78. The summed E-state index contributed by atoms with van der Waals surface area (Å²) in [5.74, 6) is 0.106. The average molecular weight is 283 g/mol. The van der Waals surface area contributed by atoms with E-state index < -0.39 is 0 Å². The van der Waals surface area contributed by atoms with Crippen molar-refractivity contribution in [2.75, 3.05) is 5.73 Å². The fourth-order valence-electron chi connectivity index (χ4n) is 2.12. The molecule has 0 radical (unpaired) electrons. The number of anilines is 1. The average Bonchev–Trinajstić information content (AvgIpc) is 2.40. The van der Waals surface area contributed by atoms with Crippen molar-refractivity contribution in [2.24, 2.45) is 10.2 Å². The molecule has 0 saturated heterocycles. The highest BCUT2D eigenvalue weighted by molar-refractivity contribution is 5.68. The number of benzene rings is 2. The highest BCUT2D eigenvalue weighted by Crippen LogP contribution is 2.36. The molecule has 0 heterocycles. The molecule has 0 atom stereocenters. The van der Waals surface area contributed by atoms with Gasteiger partial charge in [0.25, 0.3) is 0 Å². The van der Waals surface area contributed by atoms with Gasteiger partial charge < -0.3 is 10.8 Å². The SMILES string of the molecule is Cc1ccc(O)c(N=Nc2cccc(C(C)(C)C)c2N)c1. The summed E-state index contributed by atoms with van der Waals surface area (Å²) in [5.41, 5.74) is 9.86. The lowest BCUT2D eigenvalue weighted by Crippen LogP contribution is -2.13. The van der Waals surface area contributed by atoms with Crippen LogP contribution in [-0.2, 0) is 5.41 Å². The molecule has 2 aromatic carbocycles. The number of nitrogens with zero attached hydrogens (tertiary/aromatic N) is 2. The van der Waals surface area contributed by atoms with Crippen molar-refractivity contribution in [3.63, 3.8) is 0 Å². The van der Waals surface area contributed by atoms with Gasteiger partial charge in [0.1, 0.15) is 17.1 Å². The minimum absolute atomic E-state index is 0.0545. The van der Waals surface area contributed by atoms with Gasteiger partial charge in [-0.2, -0.15) is 0 Å². The number of para-hydroxylation sites is 1. The van der Waals surface area contributed by atoms with E-state index in [4.69, 9.17) is 5.73 Å². The Bertz CT molecular complexity index is 685. The van der Waals surface area contributed by atoms with Gasteiger partial charge in [-0.05, 0) is 41.7 Å². The number of aryl methyl sites for hydroxylation is 1. The molecular weight excluding hydrogens is 262 g/mol. The monoisotopic (exact) mass is 283 g/mol. The molecule has 0 bridgehead atoms. The first-order valence-corrected chi connectivity index (χ1v) is 6.89. The molecule has 2 rings (SSSR count). The lowest BCUT2D eigenvalue weighted by Gasteiger charge is -2.21. The third kappa shape index (κ3) is 3.40. The maximum absolute atomic E-state index is 9.78. The number of hydrogen-bond donors (Lipinski definition) is 2. The van der Waals surface area contributed by atoms with Crippen LogP contribution >= 0.6 is 0 Å². The molecular formula is C17H21N3O. The van der Waals surface area contributed by atoms with Crippen molar-refractivity contribution in [3.05, 3.63) is 47.5 Å². The van der Waals surface area contributed by atoms with Gasteiger partial charge >= 0.3 is 0 Å². The van der Waals surface area contributed by atoms with Gasteiger partial charge in [0.2, 0.25) is 0 Å². The fourth-order valence-corrected chi connectivity index (χ4v) is 2.12. The molecule has 0 fully saturated rings. The van der Waals surface area contributed by atoms with Gasteiger partial charge in [0, 0.05) is 0 Å². The van der Waals surface area contributed by atoms with Gasteiger partial charge in [0.05, 0.1) is 5.69 Å². The summed E-state index contributed by atoms with van der Waals surface area (Å²) in [6.45, 7) is 8.25. The summed E-state index contributed by atoms with van der Waals surface area (Å²) in [5, 5.41) is 18.1. The first-order chi connectivity index (χ1) is 9.79. The summed E-state index contributed by atoms with van der Waals surface area (Å²) >= 11 is 0. The Kier molecular flexibility index (Phi) is 3.98. The summed E-state index contributed by atoms with van der Waals surface area (Å²) in [4.78, 5) is 0. The molecule has 0 unspecified atom stereocenters. The quantitative estimate of drug-likeness (QED) is 0.601. The second kappa shape index (κ2) is 5.56. The maximum Gasteiger partial charge on any atom is 0.143 e. The van der Waals surface area contributed by atoms with E-state index in [-0.39, 0.29) is 11.2 Å². The Morgan fingerprint density at radius 2 is 1.67 bits per heavy atom. The highest BCUT2D eigenvalue weighted by atomic mass is 16.3.